The molecule has 0 radical (unpaired) electrons. The molecule has 0 aromatic heterocycles. The van der Waals surface area contributed by atoms with Gasteiger partial charge in [-0.3, -0.25) is 4.79 Å². The normalized spacial score (nSPS) is 10.1. The third-order valence-electron chi connectivity index (χ3n) is 1.65. The van der Waals surface area contributed by atoms with Gasteiger partial charge in [-0.2, -0.15) is 0 Å². The molecule has 0 fully saturated rings. The van der Waals surface area contributed by atoms with E-state index >= 15 is 0 Å². The van der Waals surface area contributed by atoms with E-state index in [-0.39, 0.29) is 21.3 Å². The summed E-state index contributed by atoms with van der Waals surface area (Å²) in [6, 6.07) is -0.186. The fourth-order valence-electron chi connectivity index (χ4n) is 0.804. The highest BCUT2D eigenvalue weighted by molar-refractivity contribution is 6.34. The number of amides is 2. The van der Waals surface area contributed by atoms with E-state index in [0.717, 1.165) is 6.17 Å². The molecule has 0 spiro atoms. The summed E-state index contributed by atoms with van der Waals surface area (Å²) in [6.07, 6.45) is 1.12. The van der Waals surface area contributed by atoms with Gasteiger partial charge >= 0.3 is 6.03 Å². The Bertz CT molecular complexity index is 229. The molecule has 0 bridgehead atoms. The smallest absolute Gasteiger partial charge is 0.314 e. The van der Waals surface area contributed by atoms with Crippen LogP contribution in [0.2, 0.25) is 6.55 Å². The van der Waals surface area contributed by atoms with Crippen LogP contribution in [-0.2, 0) is 4.79 Å². The lowest BCUT2D eigenvalue weighted by atomic mass is 10.2. The number of ketones is 1. The molecule has 0 saturated heterocycles. The Labute approximate surface area is 87.0 Å². The fourth-order valence-corrected chi connectivity index (χ4v) is 1.28. The highest BCUT2D eigenvalue weighted by Crippen LogP contribution is 1.93. The molecular weight excluding hydrogens is 196 g/mol. The number of hydrogen-bond acceptors (Lipinski definition) is 2. The third-order valence-corrected chi connectivity index (χ3v) is 2.40. The van der Waals surface area contributed by atoms with Gasteiger partial charge in [-0.25, -0.2) is 4.79 Å². The summed E-state index contributed by atoms with van der Waals surface area (Å²) in [5, 5.41) is 5.33. The first-order valence-corrected chi connectivity index (χ1v) is 7.19. The number of rotatable bonds is 6. The Kier molecular flexibility index (Phi) is 6.74. The zero-order valence-corrected chi connectivity index (χ0v) is 10.3. The quantitative estimate of drug-likeness (QED) is 0.483. The van der Waals surface area contributed by atoms with Crippen LogP contribution in [-0.4, -0.2) is 34.0 Å². The van der Waals surface area contributed by atoms with Crippen LogP contribution in [0.4, 0.5) is 4.79 Å². The van der Waals surface area contributed by atoms with Gasteiger partial charge in [0, 0.05) is 28.7 Å². The summed E-state index contributed by atoms with van der Waals surface area (Å²) in [5.74, 6) is -0.00448. The lowest BCUT2D eigenvalue weighted by Gasteiger charge is -2.05. The van der Waals surface area contributed by atoms with E-state index in [2.05, 4.69) is 23.8 Å². The van der Waals surface area contributed by atoms with Crippen LogP contribution in [0.1, 0.15) is 13.3 Å². The zero-order chi connectivity index (χ0) is 11.0. The number of carbonyl (C=O) groups is 2. The molecule has 0 aromatic carbocycles. The van der Waals surface area contributed by atoms with Crippen LogP contribution in [0, 0.1) is 0 Å². The number of Topliss-reactive ketones (excluding diaryl/α,β-unsaturated/α-hetero) is 1. The van der Waals surface area contributed by atoms with Gasteiger partial charge in [-0.15, -0.1) is 0 Å². The summed E-state index contributed by atoms with van der Waals surface area (Å²) < 4.78 is 0. The molecule has 0 atom stereocenters. The number of allylic oxidation sites excluding steroid dienone is 1. The third kappa shape index (κ3) is 6.42. The molecule has 2 amide bonds. The molecule has 0 aliphatic carbocycles. The Morgan fingerprint density at radius 1 is 1.36 bits per heavy atom. The first kappa shape index (κ1) is 12.9. The van der Waals surface area contributed by atoms with Gasteiger partial charge in [0.1, 0.15) is 0 Å². The summed E-state index contributed by atoms with van der Waals surface area (Å²) in [6.45, 7) is 7.70. The average Bonchev–Trinajstić information content (AvgIpc) is 2.14. The number of nitrogens with one attached hydrogen (secondary N) is 2. The maximum Gasteiger partial charge on any atom is 0.314 e. The van der Waals surface area contributed by atoms with Gasteiger partial charge in [0.15, 0.2) is 5.78 Å². The monoisotopic (exact) mass is 214 g/mol. The van der Waals surface area contributed by atoms with Crippen molar-refractivity contribution in [1.82, 2.24) is 10.6 Å². The van der Waals surface area contributed by atoms with Crippen molar-refractivity contribution in [3.8, 4) is 0 Å². The minimum absolute atomic E-state index is 0.00448. The molecule has 0 unspecified atom stereocenters. The van der Waals surface area contributed by atoms with E-state index in [1.54, 1.807) is 6.92 Å². The van der Waals surface area contributed by atoms with E-state index in [9.17, 15) is 9.59 Å². The van der Waals surface area contributed by atoms with Crippen molar-refractivity contribution < 1.29 is 9.59 Å². The Hall–Kier alpha value is -1.10. The zero-order valence-electron chi connectivity index (χ0n) is 8.85. The van der Waals surface area contributed by atoms with Crippen LogP contribution in [0.25, 0.3) is 0 Å². The van der Waals surface area contributed by atoms with Gasteiger partial charge in [0.05, 0.1) is 0 Å². The van der Waals surface area contributed by atoms with Gasteiger partial charge in [0.2, 0.25) is 0 Å². The summed E-state index contributed by atoms with van der Waals surface area (Å²) in [5.41, 5.74) is 0.535. The molecule has 2 N–H and O–H groups in total. The highest BCUT2D eigenvalue weighted by atomic mass is 28.2. The predicted octanol–water partition coefficient (Wildman–Crippen LogP) is -0.00470. The number of urea groups is 1. The lowest BCUT2D eigenvalue weighted by Crippen LogP contribution is -2.38. The molecule has 80 valence electrons. The van der Waals surface area contributed by atoms with Crippen molar-refractivity contribution in [3.63, 3.8) is 0 Å². The first-order valence-electron chi connectivity index (χ1n) is 4.78. The molecule has 0 aromatic rings. The number of carbonyl (C=O) groups excluding carboxylic acids is 2. The topological polar surface area (TPSA) is 58.2 Å². The van der Waals surface area contributed by atoms with Gasteiger partial charge < -0.3 is 10.6 Å². The molecule has 4 nitrogen and oxygen atoms in total. The Balaban J connectivity index is 3.49. The Morgan fingerprint density at radius 2 is 2.00 bits per heavy atom. The van der Waals surface area contributed by atoms with Crippen LogP contribution in [0.15, 0.2) is 12.2 Å². The van der Waals surface area contributed by atoms with E-state index in [1.807, 2.05) is 0 Å². The molecule has 0 aliphatic heterocycles. The molecule has 0 heterocycles. The van der Waals surface area contributed by atoms with Crippen molar-refractivity contribution >= 4 is 21.3 Å². The highest BCUT2D eigenvalue weighted by Gasteiger charge is 2.03. The van der Waals surface area contributed by atoms with Gasteiger partial charge in [-0.05, 0) is 12.5 Å². The molecule has 5 heteroatoms. The summed E-state index contributed by atoms with van der Waals surface area (Å²) >= 11 is 0. The van der Waals surface area contributed by atoms with Crippen LogP contribution >= 0.6 is 0 Å². The van der Waals surface area contributed by atoms with Gasteiger partial charge in [0.25, 0.3) is 0 Å². The average molecular weight is 214 g/mol. The van der Waals surface area contributed by atoms with E-state index < -0.39 is 0 Å². The second kappa shape index (κ2) is 7.31. The van der Waals surface area contributed by atoms with Crippen molar-refractivity contribution in [2.45, 2.75) is 19.9 Å². The second-order valence-electron chi connectivity index (χ2n) is 3.14. The molecular formula is C9H18N2O2Si. The van der Waals surface area contributed by atoms with Gasteiger partial charge in [-0.1, -0.05) is 13.1 Å². The SMILES string of the molecule is C=C(C)C(=O)CCNC(=O)NC[SiH2]C. The first-order chi connectivity index (χ1) is 6.57. The van der Waals surface area contributed by atoms with Crippen molar-refractivity contribution in [3.05, 3.63) is 12.2 Å². The standard InChI is InChI=1S/C9H18N2O2Si/c1-7(2)8(12)4-5-10-9(13)11-6-14-3/h1,4-6,14H2,2-3H3,(H2,10,11,13). The molecule has 0 aliphatic rings. The maximum absolute atomic E-state index is 11.1. The second-order valence-corrected chi connectivity index (χ2v) is 4.64. The van der Waals surface area contributed by atoms with Crippen molar-refractivity contribution in [2.24, 2.45) is 0 Å². The van der Waals surface area contributed by atoms with Crippen molar-refractivity contribution in [2.75, 3.05) is 12.7 Å². The van der Waals surface area contributed by atoms with Crippen LogP contribution in [0.3, 0.4) is 0 Å². The fraction of sp³-hybridized carbons (Fsp3) is 0.556. The minimum Gasteiger partial charge on any atom is -0.342 e. The summed E-state index contributed by atoms with van der Waals surface area (Å²) in [7, 11) is -0.134. The summed E-state index contributed by atoms with van der Waals surface area (Å²) in [4.78, 5) is 22.1. The van der Waals surface area contributed by atoms with Crippen LogP contribution < -0.4 is 10.6 Å². The largest absolute Gasteiger partial charge is 0.342 e. The predicted molar refractivity (Wildman–Crippen MR) is 60.2 cm³/mol. The minimum atomic E-state index is -0.186. The van der Waals surface area contributed by atoms with E-state index in [4.69, 9.17) is 0 Å². The Morgan fingerprint density at radius 3 is 2.50 bits per heavy atom. The van der Waals surface area contributed by atoms with E-state index in [1.165, 1.54) is 0 Å². The lowest BCUT2D eigenvalue weighted by molar-refractivity contribution is -0.115. The van der Waals surface area contributed by atoms with E-state index in [0.29, 0.717) is 18.5 Å². The number of hydrogen-bond donors (Lipinski definition) is 2. The van der Waals surface area contributed by atoms with Crippen LogP contribution in [0.5, 0.6) is 0 Å². The molecule has 0 saturated carbocycles. The molecule has 14 heavy (non-hydrogen) atoms. The van der Waals surface area contributed by atoms with Crippen molar-refractivity contribution in [1.29, 1.82) is 0 Å². The maximum atomic E-state index is 11.1. The molecule has 0 rings (SSSR count).